The maximum atomic E-state index is 11.9. The average Bonchev–Trinajstić information content (AvgIpc) is 2.37. The topological polar surface area (TPSA) is 40.6 Å². The summed E-state index contributed by atoms with van der Waals surface area (Å²) < 4.78 is 25.4. The standard InChI is InChI=1S/C13H27ClN2O2S/c1-3-4-8-15(2)12-13-5-9-16(10-6-13)19(17,18)11-7-14/h13H,3-12H2,1-2H3. The summed E-state index contributed by atoms with van der Waals surface area (Å²) >= 11 is 5.54. The summed E-state index contributed by atoms with van der Waals surface area (Å²) in [5, 5.41) is 0. The van der Waals surface area contributed by atoms with E-state index in [9.17, 15) is 8.42 Å². The number of rotatable bonds is 8. The van der Waals surface area contributed by atoms with Crippen LogP contribution in [0.5, 0.6) is 0 Å². The quantitative estimate of drug-likeness (QED) is 0.644. The molecule has 4 nitrogen and oxygen atoms in total. The van der Waals surface area contributed by atoms with Gasteiger partial charge in [-0.2, -0.15) is 0 Å². The van der Waals surface area contributed by atoms with E-state index in [-0.39, 0.29) is 11.6 Å². The first-order valence-electron chi connectivity index (χ1n) is 7.22. The summed E-state index contributed by atoms with van der Waals surface area (Å²) in [5.41, 5.74) is 0. The molecule has 6 heteroatoms. The van der Waals surface area contributed by atoms with Gasteiger partial charge in [-0.3, -0.25) is 0 Å². The van der Waals surface area contributed by atoms with Crippen LogP contribution in [0.3, 0.4) is 0 Å². The number of piperidine rings is 1. The van der Waals surface area contributed by atoms with Crippen LogP contribution in [0.2, 0.25) is 0 Å². The maximum absolute atomic E-state index is 11.9. The number of halogens is 1. The third-order valence-corrected chi connectivity index (χ3v) is 6.05. The molecule has 1 heterocycles. The number of unbranched alkanes of at least 4 members (excludes halogenated alkanes) is 1. The molecule has 114 valence electrons. The molecular formula is C13H27ClN2O2S. The first-order valence-corrected chi connectivity index (χ1v) is 9.36. The summed E-state index contributed by atoms with van der Waals surface area (Å²) in [7, 11) is -0.953. The van der Waals surface area contributed by atoms with Crippen LogP contribution < -0.4 is 0 Å². The van der Waals surface area contributed by atoms with Crippen molar-refractivity contribution in [2.75, 3.05) is 44.9 Å². The molecule has 0 amide bonds. The van der Waals surface area contributed by atoms with E-state index in [2.05, 4.69) is 18.9 Å². The number of alkyl halides is 1. The van der Waals surface area contributed by atoms with Crippen LogP contribution in [-0.4, -0.2) is 62.5 Å². The van der Waals surface area contributed by atoms with E-state index in [0.717, 1.165) is 25.9 Å². The molecule has 0 bridgehead atoms. The van der Waals surface area contributed by atoms with Crippen LogP contribution in [-0.2, 0) is 10.0 Å². The Hall–Kier alpha value is 0.160. The lowest BCUT2D eigenvalue weighted by Gasteiger charge is -2.33. The van der Waals surface area contributed by atoms with Crippen LogP contribution in [0, 0.1) is 5.92 Å². The van der Waals surface area contributed by atoms with Crippen LogP contribution in [0.4, 0.5) is 0 Å². The fourth-order valence-corrected chi connectivity index (χ4v) is 4.36. The molecule has 0 saturated carbocycles. The normalized spacial score (nSPS) is 19.2. The molecule has 1 aliphatic heterocycles. The zero-order valence-corrected chi connectivity index (χ0v) is 13.7. The molecular weight excluding hydrogens is 284 g/mol. The lowest BCUT2D eigenvalue weighted by Crippen LogP contribution is -2.42. The Morgan fingerprint density at radius 3 is 2.47 bits per heavy atom. The molecule has 0 unspecified atom stereocenters. The summed E-state index contributed by atoms with van der Waals surface area (Å²) in [6, 6.07) is 0. The van der Waals surface area contributed by atoms with Gasteiger partial charge in [-0.25, -0.2) is 12.7 Å². The lowest BCUT2D eigenvalue weighted by molar-refractivity contribution is 0.204. The van der Waals surface area contributed by atoms with Gasteiger partial charge in [-0.1, -0.05) is 13.3 Å². The van der Waals surface area contributed by atoms with E-state index in [1.807, 2.05) is 0 Å². The second kappa shape index (κ2) is 8.45. The predicted molar refractivity (Wildman–Crippen MR) is 81.2 cm³/mol. The zero-order valence-electron chi connectivity index (χ0n) is 12.1. The van der Waals surface area contributed by atoms with Gasteiger partial charge in [0, 0.05) is 25.5 Å². The van der Waals surface area contributed by atoms with E-state index in [1.165, 1.54) is 12.8 Å². The smallest absolute Gasteiger partial charge is 0.215 e. The van der Waals surface area contributed by atoms with Crippen molar-refractivity contribution in [2.24, 2.45) is 5.92 Å². The van der Waals surface area contributed by atoms with Gasteiger partial charge in [0.15, 0.2) is 0 Å². The number of hydrogen-bond acceptors (Lipinski definition) is 3. The molecule has 0 aromatic heterocycles. The van der Waals surface area contributed by atoms with Gasteiger partial charge in [0.25, 0.3) is 0 Å². The van der Waals surface area contributed by atoms with E-state index in [4.69, 9.17) is 11.6 Å². The highest BCUT2D eigenvalue weighted by Crippen LogP contribution is 2.20. The van der Waals surface area contributed by atoms with Crippen molar-refractivity contribution in [1.82, 2.24) is 9.21 Å². The lowest BCUT2D eigenvalue weighted by atomic mass is 9.97. The highest BCUT2D eigenvalue weighted by molar-refractivity contribution is 7.89. The summed E-state index contributed by atoms with van der Waals surface area (Å²) in [6.45, 7) is 5.75. The molecule has 0 aromatic rings. The Labute approximate surface area is 123 Å². The largest absolute Gasteiger partial charge is 0.306 e. The Balaban J connectivity index is 2.33. The van der Waals surface area contributed by atoms with Crippen molar-refractivity contribution >= 4 is 21.6 Å². The molecule has 0 aliphatic carbocycles. The van der Waals surface area contributed by atoms with Crippen molar-refractivity contribution in [1.29, 1.82) is 0 Å². The Kier molecular flexibility index (Phi) is 7.65. The molecule has 0 radical (unpaired) electrons. The highest BCUT2D eigenvalue weighted by atomic mass is 35.5. The molecule has 0 spiro atoms. The van der Waals surface area contributed by atoms with Gasteiger partial charge < -0.3 is 4.90 Å². The van der Waals surface area contributed by atoms with Crippen molar-refractivity contribution in [3.63, 3.8) is 0 Å². The summed E-state index contributed by atoms with van der Waals surface area (Å²) in [6.07, 6.45) is 4.40. The molecule has 0 aromatic carbocycles. The monoisotopic (exact) mass is 310 g/mol. The van der Waals surface area contributed by atoms with Crippen molar-refractivity contribution in [3.8, 4) is 0 Å². The molecule has 1 rings (SSSR count). The fraction of sp³-hybridized carbons (Fsp3) is 1.00. The molecule has 1 saturated heterocycles. The van der Waals surface area contributed by atoms with E-state index < -0.39 is 10.0 Å². The van der Waals surface area contributed by atoms with Gasteiger partial charge in [-0.15, -0.1) is 11.6 Å². The third kappa shape index (κ3) is 5.98. The second-order valence-corrected chi connectivity index (χ2v) is 7.93. The summed E-state index contributed by atoms with van der Waals surface area (Å²) in [4.78, 5) is 2.37. The van der Waals surface area contributed by atoms with Crippen molar-refractivity contribution in [3.05, 3.63) is 0 Å². The third-order valence-electron chi connectivity index (χ3n) is 3.77. The molecule has 0 atom stereocenters. The van der Waals surface area contributed by atoms with Crippen molar-refractivity contribution in [2.45, 2.75) is 32.6 Å². The SMILES string of the molecule is CCCCN(C)CC1CCN(S(=O)(=O)CCCl)CC1. The maximum Gasteiger partial charge on any atom is 0.215 e. The first kappa shape index (κ1) is 17.2. The van der Waals surface area contributed by atoms with Gasteiger partial charge in [0.05, 0.1) is 5.75 Å². The van der Waals surface area contributed by atoms with E-state index in [1.54, 1.807) is 4.31 Å². The predicted octanol–water partition coefficient (Wildman–Crippen LogP) is 2.00. The number of nitrogens with zero attached hydrogens (tertiary/aromatic N) is 2. The minimum Gasteiger partial charge on any atom is -0.306 e. The average molecular weight is 311 g/mol. The number of sulfonamides is 1. The minimum absolute atomic E-state index is 0.0651. The Bertz CT molecular complexity index is 341. The summed E-state index contributed by atoms with van der Waals surface area (Å²) in [5.74, 6) is 0.877. The van der Waals surface area contributed by atoms with Crippen LogP contribution in [0.25, 0.3) is 0 Å². The van der Waals surface area contributed by atoms with E-state index in [0.29, 0.717) is 19.0 Å². The van der Waals surface area contributed by atoms with Crippen LogP contribution >= 0.6 is 11.6 Å². The molecule has 0 N–H and O–H groups in total. The molecule has 1 aliphatic rings. The fourth-order valence-electron chi connectivity index (χ4n) is 2.56. The first-order chi connectivity index (χ1) is 8.99. The molecule has 1 fully saturated rings. The second-order valence-electron chi connectivity index (χ2n) is 5.46. The minimum atomic E-state index is -3.11. The van der Waals surface area contributed by atoms with Crippen molar-refractivity contribution < 1.29 is 8.42 Å². The van der Waals surface area contributed by atoms with Crippen LogP contribution in [0.15, 0.2) is 0 Å². The van der Waals surface area contributed by atoms with Gasteiger partial charge >= 0.3 is 0 Å². The zero-order chi connectivity index (χ0) is 14.3. The number of hydrogen-bond donors (Lipinski definition) is 0. The van der Waals surface area contributed by atoms with Gasteiger partial charge in [-0.05, 0) is 38.8 Å². The Morgan fingerprint density at radius 1 is 1.32 bits per heavy atom. The van der Waals surface area contributed by atoms with E-state index >= 15 is 0 Å². The Morgan fingerprint density at radius 2 is 1.95 bits per heavy atom. The van der Waals surface area contributed by atoms with Crippen LogP contribution in [0.1, 0.15) is 32.6 Å². The highest BCUT2D eigenvalue weighted by Gasteiger charge is 2.27. The van der Waals surface area contributed by atoms with Gasteiger partial charge in [0.1, 0.15) is 0 Å². The molecule has 19 heavy (non-hydrogen) atoms. The van der Waals surface area contributed by atoms with Gasteiger partial charge in [0.2, 0.25) is 10.0 Å².